The van der Waals surface area contributed by atoms with Crippen LogP contribution in [-0.2, 0) is 9.59 Å². The van der Waals surface area contributed by atoms with Crippen molar-refractivity contribution >= 4 is 23.5 Å². The number of amides is 2. The number of rotatable bonds is 4. The third-order valence-electron chi connectivity index (χ3n) is 10.3. The highest BCUT2D eigenvalue weighted by molar-refractivity contribution is 5.95. The lowest BCUT2D eigenvalue weighted by atomic mass is 9.88. The number of pyridine rings is 1. The lowest BCUT2D eigenvalue weighted by Crippen LogP contribution is -2.30. The van der Waals surface area contributed by atoms with Crippen molar-refractivity contribution in [2.24, 2.45) is 45.3 Å². The summed E-state index contributed by atoms with van der Waals surface area (Å²) >= 11 is 0. The molecule has 8 atom stereocenters. The van der Waals surface area contributed by atoms with Gasteiger partial charge in [0.25, 0.3) is 0 Å². The van der Waals surface area contributed by atoms with Gasteiger partial charge in [-0.3, -0.25) is 9.59 Å². The van der Waals surface area contributed by atoms with Gasteiger partial charge in [-0.25, -0.2) is 4.98 Å². The Balaban J connectivity index is 1.04. The SMILES string of the molecule is CC12CC13CC3CC2C(=O)Nc1cccc(NC(=O)C2CC3CC34CC24C)n1. The number of carbonyl (C=O) groups excluding carboxylic acids is 2. The molecule has 0 bridgehead atoms. The van der Waals surface area contributed by atoms with Gasteiger partial charge in [0.05, 0.1) is 0 Å². The minimum atomic E-state index is 0.103. The highest BCUT2D eigenvalue weighted by Gasteiger charge is 2.85. The van der Waals surface area contributed by atoms with E-state index in [1.165, 1.54) is 25.7 Å². The van der Waals surface area contributed by atoms with Crippen molar-refractivity contribution in [3.05, 3.63) is 18.2 Å². The first-order valence-corrected chi connectivity index (χ1v) is 10.9. The van der Waals surface area contributed by atoms with Crippen LogP contribution in [0.5, 0.6) is 0 Å². The molecule has 1 aromatic rings. The Morgan fingerprint density at radius 3 is 1.71 bits per heavy atom. The van der Waals surface area contributed by atoms with Crippen LogP contribution in [-0.4, -0.2) is 16.8 Å². The molecule has 2 spiro atoms. The van der Waals surface area contributed by atoms with E-state index in [9.17, 15) is 9.59 Å². The lowest BCUT2D eigenvalue weighted by molar-refractivity contribution is -0.122. The fourth-order valence-electron chi connectivity index (χ4n) is 8.26. The van der Waals surface area contributed by atoms with E-state index in [4.69, 9.17) is 0 Å². The van der Waals surface area contributed by atoms with Crippen LogP contribution in [0.2, 0.25) is 0 Å². The summed E-state index contributed by atoms with van der Waals surface area (Å²) in [5.41, 5.74) is 1.45. The first-order valence-electron chi connectivity index (χ1n) is 10.9. The van der Waals surface area contributed by atoms with Gasteiger partial charge in [0.15, 0.2) is 0 Å². The molecule has 0 saturated heterocycles. The van der Waals surface area contributed by atoms with Gasteiger partial charge in [-0.2, -0.15) is 0 Å². The predicted octanol–water partition coefficient (Wildman–Crippen LogP) is 3.83. The Kier molecular flexibility index (Phi) is 2.46. The van der Waals surface area contributed by atoms with E-state index in [1.54, 1.807) is 0 Å². The van der Waals surface area contributed by atoms with Gasteiger partial charge < -0.3 is 10.6 Å². The summed E-state index contributed by atoms with van der Waals surface area (Å²) < 4.78 is 0. The van der Waals surface area contributed by atoms with Crippen LogP contribution in [0, 0.1) is 45.3 Å². The van der Waals surface area contributed by atoms with Crippen molar-refractivity contribution in [3.8, 4) is 0 Å². The molecule has 5 heteroatoms. The molecule has 0 radical (unpaired) electrons. The van der Waals surface area contributed by atoms with Crippen LogP contribution in [0.3, 0.4) is 0 Å². The molecule has 1 aromatic heterocycles. The molecule has 8 unspecified atom stereocenters. The molecule has 0 aromatic carbocycles. The van der Waals surface area contributed by atoms with Gasteiger partial charge in [-0.15, -0.1) is 0 Å². The van der Waals surface area contributed by atoms with Crippen LogP contribution in [0.1, 0.15) is 52.4 Å². The molecule has 6 saturated carbocycles. The summed E-state index contributed by atoms with van der Waals surface area (Å²) in [6, 6.07) is 5.49. The standard InChI is InChI=1S/C23H27N3O2/c1-20-10-22(20)8-12(22)6-14(20)18(27)25-16-4-3-5-17(24-16)26-19(28)15-7-13-9-23(13)11-21(15,23)2/h3-5,12-15H,6-11H2,1-2H3,(H2,24,25,26,27,28). The monoisotopic (exact) mass is 377 g/mol. The normalized spacial score (nSPS) is 52.6. The van der Waals surface area contributed by atoms with Gasteiger partial charge in [-0.05, 0) is 84.2 Å². The van der Waals surface area contributed by atoms with E-state index in [2.05, 4.69) is 29.5 Å². The summed E-state index contributed by atoms with van der Waals surface area (Å²) in [4.78, 5) is 30.2. The highest BCUT2D eigenvalue weighted by atomic mass is 16.2. The van der Waals surface area contributed by atoms with Crippen LogP contribution in [0.15, 0.2) is 18.2 Å². The molecule has 1 heterocycles. The summed E-state index contributed by atoms with van der Waals surface area (Å²) in [6.45, 7) is 4.57. The minimum absolute atomic E-state index is 0.103. The topological polar surface area (TPSA) is 71.1 Å². The molecule has 6 aliphatic carbocycles. The summed E-state index contributed by atoms with van der Waals surface area (Å²) in [6.07, 6.45) is 7.15. The zero-order valence-corrected chi connectivity index (χ0v) is 16.5. The predicted molar refractivity (Wildman–Crippen MR) is 104 cm³/mol. The molecular weight excluding hydrogens is 350 g/mol. The van der Waals surface area contributed by atoms with Crippen molar-refractivity contribution in [2.45, 2.75) is 52.4 Å². The van der Waals surface area contributed by atoms with E-state index in [-0.39, 0.29) is 34.5 Å². The molecule has 6 aliphatic rings. The Morgan fingerprint density at radius 2 is 1.36 bits per heavy atom. The quantitative estimate of drug-likeness (QED) is 0.838. The Hall–Kier alpha value is -1.91. The highest BCUT2D eigenvalue weighted by Crippen LogP contribution is 2.91. The smallest absolute Gasteiger partial charge is 0.229 e. The molecule has 7 rings (SSSR count). The molecule has 2 N–H and O–H groups in total. The fourth-order valence-corrected chi connectivity index (χ4v) is 8.26. The van der Waals surface area contributed by atoms with Crippen LogP contribution in [0.4, 0.5) is 11.6 Å². The lowest BCUT2D eigenvalue weighted by Gasteiger charge is -2.21. The maximum absolute atomic E-state index is 12.9. The fraction of sp³-hybridized carbons (Fsp3) is 0.696. The second kappa shape index (κ2) is 4.31. The van der Waals surface area contributed by atoms with E-state index in [0.29, 0.717) is 22.5 Å². The number of anilines is 2. The van der Waals surface area contributed by atoms with Gasteiger partial charge >= 0.3 is 0 Å². The number of nitrogens with zero attached hydrogens (tertiary/aromatic N) is 1. The zero-order chi connectivity index (χ0) is 19.1. The van der Waals surface area contributed by atoms with E-state index in [1.807, 2.05) is 18.2 Å². The molecule has 2 amide bonds. The summed E-state index contributed by atoms with van der Waals surface area (Å²) in [7, 11) is 0. The average molecular weight is 377 g/mol. The van der Waals surface area contributed by atoms with Crippen molar-refractivity contribution in [2.75, 3.05) is 10.6 Å². The van der Waals surface area contributed by atoms with Crippen molar-refractivity contribution in [1.29, 1.82) is 0 Å². The van der Waals surface area contributed by atoms with E-state index < -0.39 is 0 Å². The van der Waals surface area contributed by atoms with Crippen molar-refractivity contribution in [1.82, 2.24) is 4.98 Å². The summed E-state index contributed by atoms with van der Waals surface area (Å²) in [5.74, 6) is 3.07. The van der Waals surface area contributed by atoms with Crippen molar-refractivity contribution in [3.63, 3.8) is 0 Å². The Labute approximate surface area is 165 Å². The third-order valence-corrected chi connectivity index (χ3v) is 10.3. The average Bonchev–Trinajstić information content (AvgIpc) is 3.56. The largest absolute Gasteiger partial charge is 0.310 e. The molecule has 146 valence electrons. The first kappa shape index (κ1) is 15.9. The van der Waals surface area contributed by atoms with Crippen LogP contribution < -0.4 is 10.6 Å². The molecule has 6 fully saturated rings. The molecule has 28 heavy (non-hydrogen) atoms. The van der Waals surface area contributed by atoms with E-state index in [0.717, 1.165) is 24.7 Å². The van der Waals surface area contributed by atoms with Gasteiger partial charge in [0.1, 0.15) is 11.6 Å². The van der Waals surface area contributed by atoms with Crippen LogP contribution >= 0.6 is 0 Å². The van der Waals surface area contributed by atoms with Gasteiger partial charge in [-0.1, -0.05) is 19.9 Å². The van der Waals surface area contributed by atoms with Crippen molar-refractivity contribution < 1.29 is 9.59 Å². The maximum Gasteiger partial charge on any atom is 0.229 e. The third kappa shape index (κ3) is 1.66. The first-order chi connectivity index (χ1) is 13.3. The number of carbonyl (C=O) groups is 2. The molecule has 0 aliphatic heterocycles. The Bertz CT molecular complexity index is 903. The van der Waals surface area contributed by atoms with Crippen LogP contribution in [0.25, 0.3) is 0 Å². The number of nitrogens with one attached hydrogen (secondary N) is 2. The van der Waals surface area contributed by atoms with Gasteiger partial charge in [0.2, 0.25) is 11.8 Å². The summed E-state index contributed by atoms with van der Waals surface area (Å²) in [5, 5.41) is 6.05. The Morgan fingerprint density at radius 1 is 0.893 bits per heavy atom. The van der Waals surface area contributed by atoms with E-state index >= 15 is 0 Å². The zero-order valence-electron chi connectivity index (χ0n) is 16.5. The second-order valence-corrected chi connectivity index (χ2v) is 11.3. The second-order valence-electron chi connectivity index (χ2n) is 11.3. The molecule has 5 nitrogen and oxygen atoms in total. The maximum atomic E-state index is 12.9. The number of hydrogen-bond donors (Lipinski definition) is 2. The number of aromatic nitrogens is 1. The molecular formula is C23H27N3O2. The van der Waals surface area contributed by atoms with Gasteiger partial charge in [0, 0.05) is 11.8 Å². The number of hydrogen-bond acceptors (Lipinski definition) is 3. The minimum Gasteiger partial charge on any atom is -0.310 e.